The summed E-state index contributed by atoms with van der Waals surface area (Å²) in [6.07, 6.45) is -1.86. The number of amides is 1. The molecule has 1 amide bonds. The van der Waals surface area contributed by atoms with Gasteiger partial charge in [-0.1, -0.05) is 29.3 Å². The molecule has 0 bridgehead atoms. The fourth-order valence-corrected chi connectivity index (χ4v) is 6.82. The van der Waals surface area contributed by atoms with Gasteiger partial charge in [0.25, 0.3) is 5.91 Å². The fourth-order valence-electron chi connectivity index (χ4n) is 5.73. The third-order valence-corrected chi connectivity index (χ3v) is 9.91. The number of aliphatic hydroxyl groups excluding tert-OH is 1. The van der Waals surface area contributed by atoms with E-state index in [0.717, 1.165) is 43.9 Å². The number of likely N-dealkylation sites (tertiary alicyclic amines) is 1. The molecule has 1 fully saturated rings. The van der Waals surface area contributed by atoms with Crippen LogP contribution in [0.1, 0.15) is 45.6 Å². The molecule has 1 atom stereocenters. The number of benzene rings is 2. The van der Waals surface area contributed by atoms with Crippen molar-refractivity contribution in [1.82, 2.24) is 24.3 Å². The Bertz CT molecular complexity index is 1660. The number of carbonyl (C=O) groups is 1. The molecule has 15 heteroatoms. The number of rotatable bonds is 9. The quantitative estimate of drug-likeness (QED) is 0.344. The Hall–Kier alpha value is -2.68. The second-order valence-electron chi connectivity index (χ2n) is 11.1. The summed E-state index contributed by atoms with van der Waals surface area (Å²) in [6.45, 7) is 2.19. The lowest BCUT2D eigenvalue weighted by atomic mass is 9.97. The zero-order valence-electron chi connectivity index (χ0n) is 23.9. The van der Waals surface area contributed by atoms with Gasteiger partial charge in [0.1, 0.15) is 0 Å². The summed E-state index contributed by atoms with van der Waals surface area (Å²) >= 11 is 11.9. The van der Waals surface area contributed by atoms with E-state index >= 15 is 0 Å². The number of aliphatic hydroxyl groups is 1. The zero-order valence-corrected chi connectivity index (χ0v) is 26.2. The Morgan fingerprint density at radius 2 is 1.80 bits per heavy atom. The predicted octanol–water partition coefficient (Wildman–Crippen LogP) is 4.58. The van der Waals surface area contributed by atoms with Crippen molar-refractivity contribution < 1.29 is 31.5 Å². The van der Waals surface area contributed by atoms with Crippen LogP contribution >= 0.6 is 23.2 Å². The number of fused-ring (bicyclic) bond motifs is 1. The minimum absolute atomic E-state index is 0.00383. The van der Waals surface area contributed by atoms with Gasteiger partial charge < -0.3 is 15.3 Å². The molecule has 2 aliphatic rings. The third-order valence-electron chi connectivity index (χ3n) is 7.92. The molecular weight excluding hydrogens is 642 g/mol. The first-order valence-corrected chi connectivity index (χ1v) is 16.7. The van der Waals surface area contributed by atoms with Gasteiger partial charge in [-0.3, -0.25) is 9.48 Å². The van der Waals surface area contributed by atoms with Crippen molar-refractivity contribution >= 4 is 39.1 Å². The number of halogens is 5. The van der Waals surface area contributed by atoms with E-state index in [0.29, 0.717) is 29.8 Å². The second-order valence-corrected chi connectivity index (χ2v) is 13.9. The lowest BCUT2D eigenvalue weighted by Gasteiger charge is -2.26. The van der Waals surface area contributed by atoms with Crippen LogP contribution < -0.4 is 5.32 Å². The summed E-state index contributed by atoms with van der Waals surface area (Å²) in [4.78, 5) is 14.9. The molecule has 0 saturated carbocycles. The maximum Gasteiger partial charge on any atom is 0.416 e. The SMILES string of the molecule is CS(=O)(=O)N1CCc2c(c(-c3ccc(C(F)(F)F)c(CNC(=O)c4ccc(Cl)c(Cl)c4)c3)nn2CC(O)CN2CCCC2)C1. The van der Waals surface area contributed by atoms with Gasteiger partial charge in [-0.15, -0.1) is 0 Å². The van der Waals surface area contributed by atoms with Crippen molar-refractivity contribution in [3.05, 3.63) is 74.4 Å². The van der Waals surface area contributed by atoms with Crippen molar-refractivity contribution in [2.24, 2.45) is 0 Å². The predicted molar refractivity (Wildman–Crippen MR) is 161 cm³/mol. The van der Waals surface area contributed by atoms with Crippen LogP contribution in [0.2, 0.25) is 10.0 Å². The van der Waals surface area contributed by atoms with Crippen LogP contribution in [-0.2, 0) is 42.3 Å². The van der Waals surface area contributed by atoms with E-state index in [1.165, 1.54) is 34.6 Å². The number of sulfonamides is 1. The molecule has 9 nitrogen and oxygen atoms in total. The standard InChI is InChI=1S/C29H32Cl2F3N5O4S/c1-44(42,43)38-11-8-26-22(17-38)27(36-39(26)16-21(40)15-37-9-2-3-10-37)18-4-6-23(29(32,33)34)20(12-18)14-35-28(41)19-5-7-24(30)25(31)13-19/h4-7,12-13,21,40H,2-3,8-11,14-17H2,1H3,(H,35,41). The molecule has 1 saturated heterocycles. The van der Waals surface area contributed by atoms with Crippen molar-refractivity contribution in [2.75, 3.05) is 32.4 Å². The first kappa shape index (κ1) is 32.7. The lowest BCUT2D eigenvalue weighted by molar-refractivity contribution is -0.138. The number of nitrogens with one attached hydrogen (secondary N) is 1. The molecule has 1 aromatic heterocycles. The summed E-state index contributed by atoms with van der Waals surface area (Å²) in [5.41, 5.74) is 0.962. The van der Waals surface area contributed by atoms with E-state index in [4.69, 9.17) is 28.3 Å². The summed E-state index contributed by atoms with van der Waals surface area (Å²) in [5.74, 6) is -0.639. The van der Waals surface area contributed by atoms with Crippen LogP contribution in [0.3, 0.4) is 0 Å². The third kappa shape index (κ3) is 7.40. The molecule has 3 heterocycles. The van der Waals surface area contributed by atoms with Gasteiger partial charge >= 0.3 is 6.18 Å². The molecule has 238 valence electrons. The van der Waals surface area contributed by atoms with E-state index in [-0.39, 0.29) is 40.8 Å². The highest BCUT2D eigenvalue weighted by molar-refractivity contribution is 7.88. The van der Waals surface area contributed by atoms with Crippen LogP contribution in [0.5, 0.6) is 0 Å². The topological polar surface area (TPSA) is 108 Å². The second kappa shape index (κ2) is 13.0. The van der Waals surface area contributed by atoms with Crippen LogP contribution in [0, 0.1) is 0 Å². The number of alkyl halides is 3. The highest BCUT2D eigenvalue weighted by Gasteiger charge is 2.35. The first-order valence-electron chi connectivity index (χ1n) is 14.1. The first-order chi connectivity index (χ1) is 20.7. The zero-order chi connectivity index (χ0) is 31.8. The van der Waals surface area contributed by atoms with Gasteiger partial charge in [-0.05, 0) is 61.8 Å². The number of aromatic nitrogens is 2. The summed E-state index contributed by atoms with van der Waals surface area (Å²) in [5, 5.41) is 18.4. The van der Waals surface area contributed by atoms with Crippen LogP contribution in [0.15, 0.2) is 36.4 Å². The van der Waals surface area contributed by atoms with Crippen molar-refractivity contribution in [1.29, 1.82) is 0 Å². The molecule has 2 aliphatic heterocycles. The van der Waals surface area contributed by atoms with E-state index in [1.54, 1.807) is 4.68 Å². The molecule has 3 aromatic rings. The maximum atomic E-state index is 14.0. The van der Waals surface area contributed by atoms with Crippen LogP contribution in [-0.4, -0.2) is 77.0 Å². The minimum atomic E-state index is -4.70. The van der Waals surface area contributed by atoms with Gasteiger partial charge in [-0.25, -0.2) is 8.42 Å². The largest absolute Gasteiger partial charge is 0.416 e. The molecule has 2 aromatic carbocycles. The molecular formula is C29H32Cl2F3N5O4S. The van der Waals surface area contributed by atoms with Gasteiger partial charge in [-0.2, -0.15) is 22.6 Å². The number of β-amino-alcohol motifs (C(OH)–C–C–N with tert-alkyl or cyclic N) is 1. The average molecular weight is 675 g/mol. The van der Waals surface area contributed by atoms with E-state index in [1.807, 2.05) is 0 Å². The fraction of sp³-hybridized carbons (Fsp3) is 0.448. The molecule has 0 radical (unpaired) electrons. The number of hydrogen-bond donors (Lipinski definition) is 2. The Labute approximate surface area is 263 Å². The highest BCUT2D eigenvalue weighted by atomic mass is 35.5. The Balaban J connectivity index is 1.48. The maximum absolute atomic E-state index is 14.0. The van der Waals surface area contributed by atoms with Crippen LogP contribution in [0.25, 0.3) is 11.3 Å². The van der Waals surface area contributed by atoms with Crippen molar-refractivity contribution in [3.63, 3.8) is 0 Å². The molecule has 44 heavy (non-hydrogen) atoms. The van der Waals surface area contributed by atoms with Crippen molar-refractivity contribution in [3.8, 4) is 11.3 Å². The monoisotopic (exact) mass is 673 g/mol. The van der Waals surface area contributed by atoms with E-state index in [2.05, 4.69) is 10.2 Å². The van der Waals surface area contributed by atoms with E-state index in [9.17, 15) is 31.5 Å². The van der Waals surface area contributed by atoms with Gasteiger partial charge in [0.2, 0.25) is 10.0 Å². The summed E-state index contributed by atoms with van der Waals surface area (Å²) in [6, 6.07) is 7.69. The molecule has 0 spiro atoms. The normalized spacial score (nSPS) is 17.1. The Kier molecular flexibility index (Phi) is 9.64. The van der Waals surface area contributed by atoms with Crippen molar-refractivity contribution in [2.45, 2.75) is 51.2 Å². The molecule has 2 N–H and O–H groups in total. The highest BCUT2D eigenvalue weighted by Crippen LogP contribution is 2.37. The van der Waals surface area contributed by atoms with Gasteiger partial charge in [0.15, 0.2) is 0 Å². The smallest absolute Gasteiger partial charge is 0.390 e. The molecule has 1 unspecified atom stereocenters. The van der Waals surface area contributed by atoms with E-state index < -0.39 is 40.3 Å². The summed E-state index contributed by atoms with van der Waals surface area (Å²) in [7, 11) is -3.56. The van der Waals surface area contributed by atoms with Crippen LogP contribution in [0.4, 0.5) is 13.2 Å². The van der Waals surface area contributed by atoms with Gasteiger partial charge in [0.05, 0.1) is 40.2 Å². The molecule has 0 aliphatic carbocycles. The van der Waals surface area contributed by atoms with Gasteiger partial charge in [0, 0.05) is 55.0 Å². The number of hydrogen-bond acceptors (Lipinski definition) is 6. The minimum Gasteiger partial charge on any atom is -0.390 e. The average Bonchev–Trinajstić information content (AvgIpc) is 3.59. The Morgan fingerprint density at radius 3 is 2.45 bits per heavy atom. The molecule has 5 rings (SSSR count). The lowest BCUT2D eigenvalue weighted by Crippen LogP contribution is -2.37. The number of nitrogens with zero attached hydrogens (tertiary/aromatic N) is 4. The summed E-state index contributed by atoms with van der Waals surface area (Å²) < 4.78 is 69.8. The Morgan fingerprint density at radius 1 is 1.07 bits per heavy atom. The number of carbonyl (C=O) groups excluding carboxylic acids is 1.